The molecule has 9 aliphatic rings. The van der Waals surface area contributed by atoms with Crippen molar-refractivity contribution in [2.45, 2.75) is 126 Å². The van der Waals surface area contributed by atoms with Crippen molar-refractivity contribution in [3.63, 3.8) is 0 Å². The number of fused-ring (bicyclic) bond motifs is 6. The summed E-state index contributed by atoms with van der Waals surface area (Å²) in [4.78, 5) is 82.9. The van der Waals surface area contributed by atoms with Crippen molar-refractivity contribution < 1.29 is 94.2 Å². The number of halogens is 9. The summed E-state index contributed by atoms with van der Waals surface area (Å²) >= 11 is 0. The maximum absolute atomic E-state index is 13.7. The molecular formula is C87H92F9N10O11Si-3. The fraction of sp³-hybridized carbons (Fsp3) is 0.322. The molecule has 2 fully saturated rings. The smallest absolute Gasteiger partial charge is 0.430 e. The third-order valence-electron chi connectivity index (χ3n) is 22.1. The van der Waals surface area contributed by atoms with Crippen LogP contribution in [0, 0.1) is 12.3 Å². The van der Waals surface area contributed by atoms with Gasteiger partial charge in [-0.3, -0.25) is 24.2 Å². The number of aliphatic carboxylic acids is 1. The van der Waals surface area contributed by atoms with Crippen molar-refractivity contribution in [1.82, 2.24) is 30.7 Å². The average Bonchev–Trinajstić information content (AvgIpc) is 0.733. The van der Waals surface area contributed by atoms with Crippen LogP contribution in [0.3, 0.4) is 0 Å². The Hall–Kier alpha value is -11.6. The second-order valence-electron chi connectivity index (χ2n) is 31.0. The largest absolute Gasteiger partial charge is 0.545 e. The van der Waals surface area contributed by atoms with Crippen LogP contribution in [-0.2, 0) is 9.53 Å². The molecule has 3 aliphatic heterocycles. The number of nitrogens with two attached hydrogens (primary N) is 2. The van der Waals surface area contributed by atoms with E-state index in [0.717, 1.165) is 99.2 Å². The number of carboxylic acids is 3. The van der Waals surface area contributed by atoms with Crippen LogP contribution in [0.25, 0.3) is 16.7 Å². The zero-order chi connectivity index (χ0) is 86.7. The predicted octanol–water partition coefficient (Wildman–Crippen LogP) is 11.0. The fourth-order valence-corrected chi connectivity index (χ4v) is 18.9. The highest BCUT2D eigenvalue weighted by Gasteiger charge is 2.41. The Kier molecular flexibility index (Phi) is 29.5. The Morgan fingerprint density at radius 1 is 0.525 bits per heavy atom. The number of carboxylic acid groups (broad SMARTS) is 3. The summed E-state index contributed by atoms with van der Waals surface area (Å²) in [5.41, 5.74) is 26.4. The molecule has 31 heteroatoms. The standard InChI is InChI=1S/C54H56N6O5Si.C31H38N4O4.C2HF3O2.3F2/c1-30-24-31(8-18-39(30)50-43-20-10-33(55)26-48(43)66(6,7)49-27-34(56)11-21-44(49)50)52(61)57-35-12-14-36(15-13-35)58-53(62)32-9-19-40(45(25-32)54(63)64)51-41-22-16-37(59(2)3)28-46(41)65-47-29-38(60(4)5)17-23-42(47)51;1-34(2)21-10-13-24-27(16-21)39-28-17-22(35(3)4)11-14-25(28)29(24)23-12-5-18(15-26(23)31(37)38)30(36)33-20-8-6-19(32)7-9-20;3-2(4,5)1(6)7;3*1-2/h8-11,16-29,35-37,55H,12-15,56H2,1-7H3,(H,57,61)(H,58,62)(H,63,64);5,10,12-17,19-22H,6-9,11,32H2,1-4H3,(H,33,36)(H,37,38);(H,6,7);;;/p-3. The van der Waals surface area contributed by atoms with Crippen LogP contribution in [0.4, 0.5) is 52.0 Å². The third kappa shape index (κ3) is 20.1. The van der Waals surface area contributed by atoms with Crippen molar-refractivity contribution in [1.29, 1.82) is 5.41 Å². The molecule has 0 spiro atoms. The lowest BCUT2D eigenvalue weighted by atomic mass is 9.81. The van der Waals surface area contributed by atoms with Crippen molar-refractivity contribution in [3.05, 3.63) is 264 Å². The number of aryl methyl sites for hydroxylation is 1. The minimum atomic E-state index is -5.19. The second kappa shape index (κ2) is 38.6. The number of benzene rings is 5. The number of carbonyl (C=O) groups is 6. The summed E-state index contributed by atoms with van der Waals surface area (Å²) in [6.07, 6.45) is 23.9. The van der Waals surface area contributed by atoms with Crippen LogP contribution < -0.4 is 57.6 Å². The number of rotatable bonds is 15. The maximum Gasteiger partial charge on any atom is 0.430 e. The highest BCUT2D eigenvalue weighted by Crippen LogP contribution is 2.49. The van der Waals surface area contributed by atoms with E-state index in [0.29, 0.717) is 82.2 Å². The molecule has 0 saturated heterocycles. The van der Waals surface area contributed by atoms with Crippen LogP contribution in [0.2, 0.25) is 13.1 Å². The van der Waals surface area contributed by atoms with E-state index in [4.69, 9.17) is 63.7 Å². The summed E-state index contributed by atoms with van der Waals surface area (Å²) in [6, 6.07) is 27.7. The molecule has 0 bridgehead atoms. The van der Waals surface area contributed by atoms with Gasteiger partial charge in [-0.25, -0.2) is 0 Å². The molecular weight excluding hydrogens is 1560 g/mol. The zero-order valence-electron chi connectivity index (χ0n) is 66.8. The first-order valence-corrected chi connectivity index (χ1v) is 40.8. The molecule has 3 heterocycles. The number of nitrogens with zero attached hydrogens (tertiary/aromatic N) is 4. The van der Waals surface area contributed by atoms with Gasteiger partial charge in [0, 0.05) is 163 Å². The van der Waals surface area contributed by atoms with Gasteiger partial charge in [0.2, 0.25) is 0 Å². The number of likely N-dealkylation sites (N-methyl/N-ethyl adjacent to an activating group) is 3. The fourth-order valence-electron chi connectivity index (χ4n) is 15.8. The van der Waals surface area contributed by atoms with E-state index in [-0.39, 0.29) is 76.7 Å². The molecule has 626 valence electrons. The van der Waals surface area contributed by atoms with Gasteiger partial charge in [-0.05, 0) is 247 Å². The van der Waals surface area contributed by atoms with Gasteiger partial charge in [-0.15, -0.1) is 0 Å². The van der Waals surface area contributed by atoms with Crippen molar-refractivity contribution >= 4 is 82.7 Å². The molecule has 14 rings (SSSR count). The van der Waals surface area contributed by atoms with E-state index >= 15 is 0 Å². The number of nitrogens with one attached hydrogen (secondary N) is 4. The molecule has 6 aliphatic carbocycles. The van der Waals surface area contributed by atoms with Gasteiger partial charge in [-0.1, -0.05) is 73.8 Å². The van der Waals surface area contributed by atoms with Gasteiger partial charge in [0.15, 0.2) is 0 Å². The van der Waals surface area contributed by atoms with Crippen LogP contribution in [0.1, 0.15) is 143 Å². The maximum atomic E-state index is 13.7. The van der Waals surface area contributed by atoms with E-state index in [2.05, 4.69) is 80.2 Å². The van der Waals surface area contributed by atoms with Crippen molar-refractivity contribution in [3.8, 4) is 5.75 Å². The first-order valence-electron chi connectivity index (χ1n) is 37.8. The molecule has 3 atom stereocenters. The Balaban J connectivity index is 0.000000258. The van der Waals surface area contributed by atoms with E-state index in [1.807, 2.05) is 153 Å². The minimum absolute atomic E-state index is 0.0105. The normalized spacial score (nSPS) is 20.9. The summed E-state index contributed by atoms with van der Waals surface area (Å²) in [6.45, 7) is 6.65. The number of carbonyl (C=O) groups excluding carboxylic acids is 6. The minimum Gasteiger partial charge on any atom is -0.545 e. The first kappa shape index (κ1) is 90.3. The summed E-state index contributed by atoms with van der Waals surface area (Å²) in [5.74, 6) is -3.87. The lowest BCUT2D eigenvalue weighted by molar-refractivity contribution is -0.344. The number of hydrogen-bond donors (Lipinski definition) is 6. The van der Waals surface area contributed by atoms with Gasteiger partial charge < -0.3 is 81.8 Å². The molecule has 5 aromatic rings. The Morgan fingerprint density at radius 2 is 0.975 bits per heavy atom. The number of amides is 3. The summed E-state index contributed by atoms with van der Waals surface area (Å²) < 4.78 is 92.4. The summed E-state index contributed by atoms with van der Waals surface area (Å²) in [7, 11) is 13.8. The number of alkyl halides is 3. The van der Waals surface area contributed by atoms with Crippen LogP contribution in [0.5, 0.6) is 5.75 Å². The molecule has 0 radical (unpaired) electrons. The molecule has 21 nitrogen and oxygen atoms in total. The van der Waals surface area contributed by atoms with Gasteiger partial charge >= 0.3 is 6.18 Å². The summed E-state index contributed by atoms with van der Waals surface area (Å²) in [5, 5.41) is 54.4. The van der Waals surface area contributed by atoms with Crippen molar-refractivity contribution in [2.75, 3.05) is 67.0 Å². The lowest BCUT2D eigenvalue weighted by Gasteiger charge is -2.38. The number of nitrogen functional groups attached to an aromatic ring is 1. The average molecular weight is 1650 g/mol. The van der Waals surface area contributed by atoms with Gasteiger partial charge in [0.05, 0.1) is 17.7 Å². The number of ether oxygens (including phenoxy) is 2. The molecule has 118 heavy (non-hydrogen) atoms. The molecule has 2 saturated carbocycles. The molecule has 3 unspecified atom stereocenters. The van der Waals surface area contributed by atoms with Gasteiger partial charge in [0.1, 0.15) is 37.1 Å². The number of anilines is 2. The van der Waals surface area contributed by atoms with Gasteiger partial charge in [0.25, 0.3) is 17.7 Å². The first-order chi connectivity index (χ1) is 56.0. The van der Waals surface area contributed by atoms with Crippen molar-refractivity contribution in [2.24, 2.45) is 5.73 Å². The topological polar surface area (TPSA) is 315 Å². The van der Waals surface area contributed by atoms with E-state index in [1.54, 1.807) is 24.3 Å². The van der Waals surface area contributed by atoms with Crippen LogP contribution in [-0.4, -0.2) is 169 Å². The number of aromatic carboxylic acids is 2. The van der Waals surface area contributed by atoms with Crippen LogP contribution in [0.15, 0.2) is 203 Å². The molecule has 5 aromatic carbocycles. The van der Waals surface area contributed by atoms with Crippen LogP contribution >= 0.6 is 0 Å². The monoisotopic (exact) mass is 1650 g/mol. The quantitative estimate of drug-likeness (QED) is 0.0322. The SMILES string of the molecule is CN(C)C1C=CC2=C(c3ccc(C(=O)NC4CCC(N)CC4)cc3C(=O)[O-])C3=CCC(N(C)C)C=C3OC2=C1.Cc1cc(C(=O)NC2CCC(NC(=O)c3ccc(C4=C5C=CC(N(C)C)C=C5Oc5cc(N(C)C)ccc54)c(C(=O)[O-])c3)CC2)ccc1C1=C2C=CC(=N)C=C2[Si](C)(C)c2cc(N)ccc21.FF.FF.FF.O=C([O-])C(F)(F)F. The Labute approximate surface area is 678 Å². The zero-order valence-corrected chi connectivity index (χ0v) is 67.8. The molecule has 8 N–H and O–H groups in total. The Morgan fingerprint density at radius 3 is 1.45 bits per heavy atom. The molecule has 3 amide bonds. The second-order valence-corrected chi connectivity index (χ2v) is 35.3. The highest BCUT2D eigenvalue weighted by atomic mass is 28.3. The van der Waals surface area contributed by atoms with E-state index < -0.39 is 32.2 Å². The Bertz CT molecular complexity index is 5120. The lowest BCUT2D eigenvalue weighted by Crippen LogP contribution is -2.49. The van der Waals surface area contributed by atoms with Gasteiger partial charge in [-0.2, -0.15) is 13.2 Å². The van der Waals surface area contributed by atoms with E-state index in [9.17, 15) is 47.4 Å². The number of hydrogen-bond acceptors (Lipinski definition) is 18. The van der Waals surface area contributed by atoms with E-state index in [1.165, 1.54) is 22.5 Å². The third-order valence-corrected chi connectivity index (χ3v) is 25.6. The number of allylic oxidation sites excluding steroid dienone is 8. The highest BCUT2D eigenvalue weighted by molar-refractivity contribution is 6.98. The predicted molar refractivity (Wildman–Crippen MR) is 431 cm³/mol. The molecule has 0 aromatic heterocycles.